The molecular weight excluding hydrogens is 324 g/mol. The van der Waals surface area contributed by atoms with Gasteiger partial charge in [0.15, 0.2) is 0 Å². The van der Waals surface area contributed by atoms with Gasteiger partial charge in [0.2, 0.25) is 0 Å². The Kier molecular flexibility index (Phi) is 4.13. The molecule has 0 saturated heterocycles. The van der Waals surface area contributed by atoms with Crippen molar-refractivity contribution in [2.75, 3.05) is 5.32 Å². The quantitative estimate of drug-likeness (QED) is 0.779. The number of hydrogen-bond acceptors (Lipinski definition) is 4. The highest BCUT2D eigenvalue weighted by Crippen LogP contribution is 2.40. The third-order valence-corrected chi connectivity index (χ3v) is 5.27. The molecule has 0 amide bonds. The molecule has 2 aromatic rings. The second kappa shape index (κ2) is 5.95. The van der Waals surface area contributed by atoms with E-state index >= 15 is 0 Å². The van der Waals surface area contributed by atoms with Crippen molar-refractivity contribution in [2.45, 2.75) is 39.2 Å². The van der Waals surface area contributed by atoms with E-state index in [1.165, 1.54) is 10.4 Å². The standard InChI is InChI=1S/C18H18N2OS2/c1-4-5-11-8-13(10-19)23-16(11)12-6-7-15-14(9-12)18(2,3)21-17(22)20-15/h6-9H,4-5H2,1-3H3,(H,20,22). The first-order valence-corrected chi connectivity index (χ1v) is 8.85. The van der Waals surface area contributed by atoms with Crippen LogP contribution in [-0.2, 0) is 16.8 Å². The maximum atomic E-state index is 9.21. The van der Waals surface area contributed by atoms with Crippen LogP contribution >= 0.6 is 23.6 Å². The van der Waals surface area contributed by atoms with Crippen molar-refractivity contribution in [1.82, 2.24) is 0 Å². The number of ether oxygens (including phenoxy) is 1. The molecule has 1 aromatic carbocycles. The summed E-state index contributed by atoms with van der Waals surface area (Å²) in [5.74, 6) is 0. The molecule has 5 heteroatoms. The minimum atomic E-state index is -0.464. The van der Waals surface area contributed by atoms with E-state index < -0.39 is 5.60 Å². The summed E-state index contributed by atoms with van der Waals surface area (Å²) in [4.78, 5) is 1.94. The lowest BCUT2D eigenvalue weighted by molar-refractivity contribution is 0.0947. The summed E-state index contributed by atoms with van der Waals surface area (Å²) >= 11 is 6.72. The van der Waals surface area contributed by atoms with Crippen molar-refractivity contribution < 1.29 is 4.74 Å². The smallest absolute Gasteiger partial charge is 0.262 e. The van der Waals surface area contributed by atoms with E-state index in [1.807, 2.05) is 26.0 Å². The number of thiophene rings is 1. The Hall–Kier alpha value is -1.90. The third kappa shape index (κ3) is 2.97. The molecule has 0 saturated carbocycles. The number of hydrogen-bond donors (Lipinski definition) is 1. The van der Waals surface area contributed by atoms with Gasteiger partial charge in [-0.15, -0.1) is 11.3 Å². The molecule has 0 radical (unpaired) electrons. The topological polar surface area (TPSA) is 45.0 Å². The first kappa shape index (κ1) is 16.0. The fourth-order valence-corrected chi connectivity index (χ4v) is 4.22. The maximum Gasteiger partial charge on any atom is 0.262 e. The molecule has 1 aliphatic heterocycles. The number of fused-ring (bicyclic) bond motifs is 1. The Bertz CT molecular complexity index is 815. The SMILES string of the molecule is CCCc1cc(C#N)sc1-c1ccc2c(c1)C(C)(C)OC(=S)N2. The van der Waals surface area contributed by atoms with Gasteiger partial charge in [-0.1, -0.05) is 19.4 Å². The van der Waals surface area contributed by atoms with Crippen molar-refractivity contribution >= 4 is 34.4 Å². The van der Waals surface area contributed by atoms with Crippen LogP contribution in [0.4, 0.5) is 5.69 Å². The van der Waals surface area contributed by atoms with E-state index in [9.17, 15) is 5.26 Å². The molecule has 0 atom stereocenters. The Balaban J connectivity index is 2.11. The van der Waals surface area contributed by atoms with Crippen LogP contribution in [0.3, 0.4) is 0 Å². The van der Waals surface area contributed by atoms with E-state index in [1.54, 1.807) is 11.3 Å². The highest BCUT2D eigenvalue weighted by atomic mass is 32.1. The normalized spacial score (nSPS) is 15.3. The van der Waals surface area contributed by atoms with Gasteiger partial charge in [-0.05, 0) is 61.8 Å². The summed E-state index contributed by atoms with van der Waals surface area (Å²) in [5, 5.41) is 12.7. The van der Waals surface area contributed by atoms with Gasteiger partial charge in [0.1, 0.15) is 16.5 Å². The minimum Gasteiger partial charge on any atom is -0.460 e. The monoisotopic (exact) mass is 342 g/mol. The first-order valence-electron chi connectivity index (χ1n) is 7.62. The highest BCUT2D eigenvalue weighted by molar-refractivity contribution is 7.80. The summed E-state index contributed by atoms with van der Waals surface area (Å²) in [6, 6.07) is 10.6. The van der Waals surface area contributed by atoms with Crippen molar-refractivity contribution in [3.8, 4) is 16.5 Å². The first-order chi connectivity index (χ1) is 10.9. The molecule has 0 unspecified atom stereocenters. The lowest BCUT2D eigenvalue weighted by Crippen LogP contribution is -2.34. The number of aryl methyl sites for hydroxylation is 1. The van der Waals surface area contributed by atoms with Crippen LogP contribution in [0, 0.1) is 11.3 Å². The summed E-state index contributed by atoms with van der Waals surface area (Å²) < 4.78 is 5.77. The molecule has 0 spiro atoms. The van der Waals surface area contributed by atoms with Gasteiger partial charge in [-0.2, -0.15) is 5.26 Å². The number of nitriles is 1. The van der Waals surface area contributed by atoms with Crippen molar-refractivity contribution in [3.05, 3.63) is 40.3 Å². The zero-order chi connectivity index (χ0) is 16.6. The Morgan fingerprint density at radius 3 is 2.83 bits per heavy atom. The van der Waals surface area contributed by atoms with Crippen LogP contribution in [0.15, 0.2) is 24.3 Å². The average Bonchev–Trinajstić information content (AvgIpc) is 2.90. The second-order valence-electron chi connectivity index (χ2n) is 6.11. The Morgan fingerprint density at radius 2 is 2.13 bits per heavy atom. The van der Waals surface area contributed by atoms with Gasteiger partial charge in [-0.25, -0.2) is 0 Å². The van der Waals surface area contributed by atoms with Crippen LogP contribution < -0.4 is 5.32 Å². The van der Waals surface area contributed by atoms with Crippen LogP contribution in [0.5, 0.6) is 0 Å². The van der Waals surface area contributed by atoms with Gasteiger partial charge >= 0.3 is 0 Å². The van der Waals surface area contributed by atoms with E-state index in [0.717, 1.165) is 34.5 Å². The fourth-order valence-electron chi connectivity index (χ4n) is 2.90. The molecule has 3 rings (SSSR count). The van der Waals surface area contributed by atoms with Crippen LogP contribution in [0.25, 0.3) is 10.4 Å². The van der Waals surface area contributed by atoms with Crippen LogP contribution in [0.2, 0.25) is 0 Å². The summed E-state index contributed by atoms with van der Waals surface area (Å²) in [6.45, 7) is 6.19. The maximum absolute atomic E-state index is 9.21. The van der Waals surface area contributed by atoms with Gasteiger partial charge in [0.05, 0.1) is 0 Å². The van der Waals surface area contributed by atoms with Gasteiger partial charge in [0.25, 0.3) is 5.17 Å². The van der Waals surface area contributed by atoms with Crippen LogP contribution in [0.1, 0.15) is 43.2 Å². The zero-order valence-corrected chi connectivity index (χ0v) is 15.0. The molecule has 23 heavy (non-hydrogen) atoms. The molecule has 0 aliphatic carbocycles. The minimum absolute atomic E-state index is 0.407. The molecular formula is C18H18N2OS2. The number of thiocarbonyl (C=S) groups is 1. The molecule has 1 N–H and O–H groups in total. The summed E-state index contributed by atoms with van der Waals surface area (Å²) in [7, 11) is 0. The average molecular weight is 342 g/mol. The van der Waals surface area contributed by atoms with E-state index in [2.05, 4.69) is 30.4 Å². The van der Waals surface area contributed by atoms with E-state index in [0.29, 0.717) is 5.17 Å². The predicted molar refractivity (Wildman–Crippen MR) is 98.8 cm³/mol. The highest BCUT2D eigenvalue weighted by Gasteiger charge is 2.32. The van der Waals surface area contributed by atoms with Gasteiger partial charge < -0.3 is 10.1 Å². The lowest BCUT2D eigenvalue weighted by atomic mass is 9.92. The zero-order valence-electron chi connectivity index (χ0n) is 13.4. The largest absolute Gasteiger partial charge is 0.460 e. The second-order valence-corrected chi connectivity index (χ2v) is 7.53. The Labute approximate surface area is 145 Å². The fraction of sp³-hybridized carbons (Fsp3) is 0.333. The Morgan fingerprint density at radius 1 is 1.35 bits per heavy atom. The lowest BCUT2D eigenvalue weighted by Gasteiger charge is -2.34. The molecule has 0 fully saturated rings. The molecule has 118 valence electrons. The van der Waals surface area contributed by atoms with Crippen molar-refractivity contribution in [1.29, 1.82) is 5.26 Å². The van der Waals surface area contributed by atoms with Crippen molar-refractivity contribution in [2.24, 2.45) is 0 Å². The number of benzene rings is 1. The molecule has 0 bridgehead atoms. The third-order valence-electron chi connectivity index (χ3n) is 3.95. The number of rotatable bonds is 3. The predicted octanol–water partition coefficient (Wildman–Crippen LogP) is 5.20. The molecule has 3 nitrogen and oxygen atoms in total. The summed E-state index contributed by atoms with van der Waals surface area (Å²) in [6.07, 6.45) is 2.04. The van der Waals surface area contributed by atoms with E-state index in [-0.39, 0.29) is 0 Å². The molecule has 2 heterocycles. The van der Waals surface area contributed by atoms with Crippen LogP contribution in [-0.4, -0.2) is 5.17 Å². The van der Waals surface area contributed by atoms with Gasteiger partial charge in [-0.3, -0.25) is 0 Å². The number of nitrogens with one attached hydrogen (secondary N) is 1. The molecule has 1 aromatic heterocycles. The summed E-state index contributed by atoms with van der Waals surface area (Å²) in [5.41, 5.74) is 3.98. The van der Waals surface area contributed by atoms with Gasteiger partial charge in [0, 0.05) is 16.1 Å². The van der Waals surface area contributed by atoms with E-state index in [4.69, 9.17) is 17.0 Å². The number of nitrogens with zero attached hydrogens (tertiary/aromatic N) is 1. The van der Waals surface area contributed by atoms with Crippen molar-refractivity contribution in [3.63, 3.8) is 0 Å². The molecule has 1 aliphatic rings. The number of anilines is 1.